The van der Waals surface area contributed by atoms with Gasteiger partial charge in [-0.2, -0.15) is 4.36 Å². The lowest BCUT2D eigenvalue weighted by molar-refractivity contribution is 0.0587. The largest absolute Gasteiger partial charge is 0.465 e. The number of carbonyl (C=O) groups is 2. The molecule has 0 N–H and O–H groups in total. The zero-order valence-corrected chi connectivity index (χ0v) is 9.54. The average Bonchev–Trinajstić information content (AvgIpc) is 2.35. The highest BCUT2D eigenvalue weighted by molar-refractivity contribution is 7.47. The van der Waals surface area contributed by atoms with Crippen LogP contribution >= 0.6 is 0 Å². The van der Waals surface area contributed by atoms with E-state index in [0.29, 0.717) is 0 Å². The van der Waals surface area contributed by atoms with Crippen LogP contribution in [0, 0.1) is 0 Å². The maximum absolute atomic E-state index is 11.3. The lowest BCUT2D eigenvalue weighted by Crippen LogP contribution is -2.05. The maximum atomic E-state index is 11.3. The number of hydrogen-bond acceptors (Lipinski definition) is 6. The fraction of sp³-hybridized carbons (Fsp3) is 0.200. The molecule has 0 fully saturated rings. The minimum absolute atomic E-state index is 0.213. The van der Waals surface area contributed by atoms with E-state index in [2.05, 4.69) is 26.3 Å². The Kier molecular flexibility index (Phi) is 4.07. The highest BCUT2D eigenvalue weighted by Gasteiger charge is 2.14. The van der Waals surface area contributed by atoms with Crippen molar-refractivity contribution in [2.45, 2.75) is 0 Å². The van der Waals surface area contributed by atoms with Gasteiger partial charge in [-0.1, -0.05) is 0 Å². The third-order valence-corrected chi connectivity index (χ3v) is 2.12. The minimum atomic E-state index is -0.556. The highest BCUT2D eigenvalue weighted by Crippen LogP contribution is 2.22. The van der Waals surface area contributed by atoms with Crippen molar-refractivity contribution in [2.24, 2.45) is 4.36 Å². The molecule has 0 aromatic heterocycles. The summed E-state index contributed by atoms with van der Waals surface area (Å²) in [6.07, 6.45) is 0. The molecule has 84 valence electrons. The van der Waals surface area contributed by atoms with Crippen LogP contribution in [0.5, 0.6) is 0 Å². The van der Waals surface area contributed by atoms with Gasteiger partial charge in [0.15, 0.2) is 0 Å². The molecule has 0 bridgehead atoms. The fourth-order valence-corrected chi connectivity index (χ4v) is 1.29. The first-order valence-corrected chi connectivity index (χ1v) is 4.64. The summed E-state index contributed by atoms with van der Waals surface area (Å²) in [5, 5.41) is 0. The predicted molar refractivity (Wildman–Crippen MR) is 58.6 cm³/mol. The monoisotopic (exact) mass is 239 g/mol. The van der Waals surface area contributed by atoms with Crippen molar-refractivity contribution in [3.63, 3.8) is 0 Å². The smallest absolute Gasteiger partial charge is 0.340 e. The molecule has 0 atom stereocenters. The Labute approximate surface area is 97.5 Å². The number of benzene rings is 1. The number of esters is 2. The third-order valence-electron chi connectivity index (χ3n) is 1.92. The summed E-state index contributed by atoms with van der Waals surface area (Å²) in [6, 6.07) is 4.25. The molecule has 6 heteroatoms. The van der Waals surface area contributed by atoms with E-state index in [0.717, 1.165) is 0 Å². The van der Waals surface area contributed by atoms with Crippen LogP contribution in [-0.4, -0.2) is 26.2 Å². The second-order valence-electron chi connectivity index (χ2n) is 2.81. The van der Waals surface area contributed by atoms with Gasteiger partial charge in [0.25, 0.3) is 0 Å². The van der Waals surface area contributed by atoms with E-state index in [-0.39, 0.29) is 16.8 Å². The molecule has 0 aliphatic heterocycles. The standard InChI is InChI=1S/C10H9NO4S/c1-14-9(12)6-3-4-7(10(13)15-2)8(5-6)11-16/h3-5H,1-2H3. The van der Waals surface area contributed by atoms with Crippen molar-refractivity contribution >= 4 is 30.1 Å². The van der Waals surface area contributed by atoms with E-state index in [1.165, 1.54) is 32.4 Å². The first-order chi connectivity index (χ1) is 7.63. The maximum Gasteiger partial charge on any atom is 0.340 e. The van der Waals surface area contributed by atoms with Gasteiger partial charge < -0.3 is 9.47 Å². The van der Waals surface area contributed by atoms with Gasteiger partial charge in [0, 0.05) is 12.4 Å². The number of hydrogen-bond donors (Lipinski definition) is 0. The Balaban J connectivity index is 3.21. The topological polar surface area (TPSA) is 65.0 Å². The number of methoxy groups -OCH3 is 2. The third kappa shape index (κ3) is 2.40. The number of rotatable bonds is 3. The molecule has 0 saturated heterocycles. The molecule has 1 rings (SSSR count). The number of ether oxygens (including phenoxy) is 2. The Morgan fingerprint density at radius 1 is 1.19 bits per heavy atom. The van der Waals surface area contributed by atoms with Gasteiger partial charge in [-0.25, -0.2) is 9.59 Å². The molecule has 0 spiro atoms. The van der Waals surface area contributed by atoms with Crippen LogP contribution in [0.25, 0.3) is 0 Å². The van der Waals surface area contributed by atoms with Crippen LogP contribution in [0.2, 0.25) is 0 Å². The number of carbonyl (C=O) groups excluding carboxylic acids is 2. The highest BCUT2D eigenvalue weighted by atomic mass is 32.1. The minimum Gasteiger partial charge on any atom is -0.465 e. The van der Waals surface area contributed by atoms with E-state index in [9.17, 15) is 9.59 Å². The molecule has 0 heterocycles. The lowest BCUT2D eigenvalue weighted by Gasteiger charge is -2.04. The molecule has 0 aliphatic carbocycles. The molecule has 1 aromatic carbocycles. The molecular weight excluding hydrogens is 230 g/mol. The predicted octanol–water partition coefficient (Wildman–Crippen LogP) is 1.62. The van der Waals surface area contributed by atoms with Crippen molar-refractivity contribution in [1.29, 1.82) is 0 Å². The van der Waals surface area contributed by atoms with Gasteiger partial charge >= 0.3 is 11.9 Å². The quantitative estimate of drug-likeness (QED) is 0.750. The van der Waals surface area contributed by atoms with Gasteiger partial charge in [0.05, 0.1) is 31.0 Å². The van der Waals surface area contributed by atoms with E-state index in [4.69, 9.17) is 0 Å². The molecular formula is C10H9NO4S. The number of nitrogens with zero attached hydrogens (tertiary/aromatic N) is 1. The Morgan fingerprint density at radius 3 is 2.31 bits per heavy atom. The molecule has 0 unspecified atom stereocenters. The van der Waals surface area contributed by atoms with Crippen molar-refractivity contribution in [2.75, 3.05) is 14.2 Å². The molecule has 0 saturated carbocycles. The van der Waals surface area contributed by atoms with Gasteiger partial charge in [-0.15, -0.1) is 0 Å². The normalized spacial score (nSPS) is 9.38. The van der Waals surface area contributed by atoms with Gasteiger partial charge in [0.2, 0.25) is 0 Å². The summed E-state index contributed by atoms with van der Waals surface area (Å²) in [6.45, 7) is 0. The second kappa shape index (κ2) is 5.32. The van der Waals surface area contributed by atoms with E-state index in [1.807, 2.05) is 0 Å². The Bertz CT molecular complexity index is 444. The SMILES string of the molecule is COC(=O)c1ccc(C(=O)OC)c(N=S)c1. The average molecular weight is 239 g/mol. The second-order valence-corrected chi connectivity index (χ2v) is 2.99. The zero-order valence-electron chi connectivity index (χ0n) is 8.72. The molecule has 1 aromatic rings. The van der Waals surface area contributed by atoms with Crippen LogP contribution in [0.3, 0.4) is 0 Å². The molecule has 16 heavy (non-hydrogen) atoms. The Hall–Kier alpha value is -1.82. The Morgan fingerprint density at radius 2 is 1.81 bits per heavy atom. The molecule has 5 nitrogen and oxygen atoms in total. The van der Waals surface area contributed by atoms with Crippen LogP contribution in [0.1, 0.15) is 20.7 Å². The summed E-state index contributed by atoms with van der Waals surface area (Å²) in [5.41, 5.74) is 0.702. The molecule has 0 aliphatic rings. The van der Waals surface area contributed by atoms with Crippen LogP contribution in [0.15, 0.2) is 22.6 Å². The summed E-state index contributed by atoms with van der Waals surface area (Å²) in [4.78, 5) is 22.5. The van der Waals surface area contributed by atoms with Crippen molar-refractivity contribution in [1.82, 2.24) is 0 Å². The first-order valence-electron chi connectivity index (χ1n) is 4.28. The van der Waals surface area contributed by atoms with E-state index < -0.39 is 11.9 Å². The van der Waals surface area contributed by atoms with Crippen molar-refractivity contribution in [3.05, 3.63) is 29.3 Å². The van der Waals surface area contributed by atoms with Crippen molar-refractivity contribution in [3.8, 4) is 0 Å². The van der Waals surface area contributed by atoms with E-state index in [1.54, 1.807) is 0 Å². The fourth-order valence-electron chi connectivity index (χ4n) is 1.13. The molecule has 0 amide bonds. The van der Waals surface area contributed by atoms with Crippen LogP contribution < -0.4 is 0 Å². The zero-order chi connectivity index (χ0) is 12.1. The van der Waals surface area contributed by atoms with Gasteiger partial charge in [-0.3, -0.25) is 0 Å². The summed E-state index contributed by atoms with van der Waals surface area (Å²) in [7, 11) is 2.52. The van der Waals surface area contributed by atoms with E-state index >= 15 is 0 Å². The van der Waals surface area contributed by atoms with Gasteiger partial charge in [-0.05, 0) is 18.2 Å². The first kappa shape index (κ1) is 12.3. The summed E-state index contributed by atoms with van der Waals surface area (Å²) >= 11 is 4.52. The summed E-state index contributed by atoms with van der Waals surface area (Å²) in [5.74, 6) is -1.07. The van der Waals surface area contributed by atoms with Gasteiger partial charge in [0.1, 0.15) is 0 Å². The molecule has 0 radical (unpaired) electrons. The summed E-state index contributed by atoms with van der Waals surface area (Å²) < 4.78 is 12.6. The van der Waals surface area contributed by atoms with Crippen LogP contribution in [0.4, 0.5) is 5.69 Å². The van der Waals surface area contributed by atoms with Crippen molar-refractivity contribution < 1.29 is 19.1 Å². The lowest BCUT2D eigenvalue weighted by atomic mass is 10.1. The van der Waals surface area contributed by atoms with Crippen LogP contribution in [-0.2, 0) is 21.9 Å².